The zero-order valence-corrected chi connectivity index (χ0v) is 8.16. The summed E-state index contributed by atoms with van der Waals surface area (Å²) >= 11 is 0. The second-order valence-electron chi connectivity index (χ2n) is 3.34. The maximum Gasteiger partial charge on any atom is 0.414 e. The summed E-state index contributed by atoms with van der Waals surface area (Å²) in [4.78, 5) is 12.6. The lowest BCUT2D eigenvalue weighted by molar-refractivity contribution is 0.130. The third kappa shape index (κ3) is 2.76. The second-order valence-corrected chi connectivity index (χ2v) is 3.34. The molecular weight excluding hydrogens is 166 g/mol. The van der Waals surface area contributed by atoms with Crippen molar-refractivity contribution >= 4 is 6.09 Å². The molecule has 74 valence electrons. The van der Waals surface area contributed by atoms with E-state index in [1.165, 1.54) is 23.9 Å². The van der Waals surface area contributed by atoms with Crippen molar-refractivity contribution in [2.24, 2.45) is 0 Å². The fourth-order valence-corrected chi connectivity index (χ4v) is 1.46. The SMILES string of the molecule is C=CN1CC(CCCCC)OC1=O. The Morgan fingerprint density at radius 1 is 1.69 bits per heavy atom. The van der Waals surface area contributed by atoms with E-state index >= 15 is 0 Å². The van der Waals surface area contributed by atoms with E-state index < -0.39 is 0 Å². The molecule has 0 bridgehead atoms. The quantitative estimate of drug-likeness (QED) is 0.613. The molecule has 1 aliphatic heterocycles. The van der Waals surface area contributed by atoms with E-state index in [9.17, 15) is 4.79 Å². The van der Waals surface area contributed by atoms with Crippen LogP contribution >= 0.6 is 0 Å². The molecule has 1 unspecified atom stereocenters. The zero-order chi connectivity index (χ0) is 9.68. The molecule has 0 aromatic heterocycles. The molecule has 0 N–H and O–H groups in total. The van der Waals surface area contributed by atoms with Crippen molar-refractivity contribution in [3.05, 3.63) is 12.8 Å². The van der Waals surface area contributed by atoms with E-state index in [2.05, 4.69) is 13.5 Å². The van der Waals surface area contributed by atoms with Crippen LogP contribution in [0.5, 0.6) is 0 Å². The molecule has 0 saturated carbocycles. The van der Waals surface area contributed by atoms with Gasteiger partial charge in [-0.15, -0.1) is 0 Å². The number of carbonyl (C=O) groups is 1. The highest BCUT2D eigenvalue weighted by Gasteiger charge is 2.28. The third-order valence-electron chi connectivity index (χ3n) is 2.25. The lowest BCUT2D eigenvalue weighted by Gasteiger charge is -2.06. The Hall–Kier alpha value is -0.990. The second kappa shape index (κ2) is 4.90. The topological polar surface area (TPSA) is 29.5 Å². The molecule has 3 nitrogen and oxygen atoms in total. The molecule has 1 amide bonds. The van der Waals surface area contributed by atoms with Crippen molar-refractivity contribution in [1.29, 1.82) is 0 Å². The van der Waals surface area contributed by atoms with Gasteiger partial charge in [-0.05, 0) is 12.8 Å². The van der Waals surface area contributed by atoms with Crippen molar-refractivity contribution in [1.82, 2.24) is 4.90 Å². The molecule has 0 aliphatic carbocycles. The molecule has 0 radical (unpaired) electrons. The molecule has 0 aromatic carbocycles. The van der Waals surface area contributed by atoms with Crippen LogP contribution in [0.25, 0.3) is 0 Å². The summed E-state index contributed by atoms with van der Waals surface area (Å²) in [5, 5.41) is 0. The van der Waals surface area contributed by atoms with Crippen molar-refractivity contribution in [2.75, 3.05) is 6.54 Å². The molecule has 0 spiro atoms. The number of cyclic esters (lactones) is 1. The summed E-state index contributed by atoms with van der Waals surface area (Å²) in [5.74, 6) is 0. The predicted octanol–water partition coefficient (Wildman–Crippen LogP) is 2.53. The first-order chi connectivity index (χ1) is 6.27. The van der Waals surface area contributed by atoms with Gasteiger partial charge in [-0.3, -0.25) is 4.90 Å². The van der Waals surface area contributed by atoms with Crippen molar-refractivity contribution in [2.45, 2.75) is 38.7 Å². The highest BCUT2D eigenvalue weighted by Crippen LogP contribution is 2.16. The molecular formula is C10H17NO2. The summed E-state index contributed by atoms with van der Waals surface area (Å²) in [7, 11) is 0. The van der Waals surface area contributed by atoms with Crippen LogP contribution in [-0.4, -0.2) is 23.6 Å². The molecule has 1 heterocycles. The zero-order valence-electron chi connectivity index (χ0n) is 8.16. The van der Waals surface area contributed by atoms with E-state index in [1.807, 2.05) is 0 Å². The van der Waals surface area contributed by atoms with E-state index in [0.29, 0.717) is 6.54 Å². The van der Waals surface area contributed by atoms with Gasteiger partial charge < -0.3 is 4.74 Å². The van der Waals surface area contributed by atoms with Gasteiger partial charge in [0.15, 0.2) is 0 Å². The van der Waals surface area contributed by atoms with Gasteiger partial charge in [-0.1, -0.05) is 26.3 Å². The average Bonchev–Trinajstić information content (AvgIpc) is 2.47. The molecule has 3 heteroatoms. The maximum absolute atomic E-state index is 11.1. The van der Waals surface area contributed by atoms with Crippen LogP contribution in [0, 0.1) is 0 Å². The molecule has 1 atom stereocenters. The van der Waals surface area contributed by atoms with Gasteiger partial charge in [-0.2, -0.15) is 0 Å². The number of rotatable bonds is 5. The van der Waals surface area contributed by atoms with Crippen molar-refractivity contribution < 1.29 is 9.53 Å². The molecule has 1 fully saturated rings. The van der Waals surface area contributed by atoms with Gasteiger partial charge in [0.25, 0.3) is 0 Å². The van der Waals surface area contributed by atoms with Crippen LogP contribution in [0.3, 0.4) is 0 Å². The van der Waals surface area contributed by atoms with Crippen LogP contribution in [-0.2, 0) is 4.74 Å². The first-order valence-corrected chi connectivity index (χ1v) is 4.87. The summed E-state index contributed by atoms with van der Waals surface area (Å²) in [5.41, 5.74) is 0. The van der Waals surface area contributed by atoms with Crippen LogP contribution in [0.2, 0.25) is 0 Å². The first kappa shape index (κ1) is 10.1. The Labute approximate surface area is 79.4 Å². The lowest BCUT2D eigenvalue weighted by Crippen LogP contribution is -2.17. The minimum absolute atomic E-state index is 0.0806. The summed E-state index contributed by atoms with van der Waals surface area (Å²) in [6.45, 7) is 6.39. The average molecular weight is 183 g/mol. The van der Waals surface area contributed by atoms with E-state index in [-0.39, 0.29) is 12.2 Å². The number of unbranched alkanes of at least 4 members (excludes halogenated alkanes) is 2. The minimum Gasteiger partial charge on any atom is -0.444 e. The molecule has 1 rings (SSSR count). The van der Waals surface area contributed by atoms with Gasteiger partial charge in [0.1, 0.15) is 6.10 Å². The first-order valence-electron chi connectivity index (χ1n) is 4.87. The standard InChI is InChI=1S/C10H17NO2/c1-3-5-6-7-9-8-11(4-2)10(12)13-9/h4,9H,2-3,5-8H2,1H3. The van der Waals surface area contributed by atoms with Gasteiger partial charge >= 0.3 is 6.09 Å². The fraction of sp³-hybridized carbons (Fsp3) is 0.700. The monoisotopic (exact) mass is 183 g/mol. The van der Waals surface area contributed by atoms with E-state index in [1.54, 1.807) is 0 Å². The largest absolute Gasteiger partial charge is 0.444 e. The summed E-state index contributed by atoms with van der Waals surface area (Å²) < 4.78 is 5.13. The Balaban J connectivity index is 2.23. The van der Waals surface area contributed by atoms with Crippen molar-refractivity contribution in [3.8, 4) is 0 Å². The van der Waals surface area contributed by atoms with E-state index in [4.69, 9.17) is 4.74 Å². The maximum atomic E-state index is 11.1. The Bertz CT molecular complexity index is 191. The lowest BCUT2D eigenvalue weighted by atomic mass is 10.1. The Kier molecular flexibility index (Phi) is 3.80. The molecule has 0 aromatic rings. The number of hydrogen-bond donors (Lipinski definition) is 0. The van der Waals surface area contributed by atoms with Gasteiger partial charge in [0, 0.05) is 6.20 Å². The van der Waals surface area contributed by atoms with Crippen LogP contribution in [0.4, 0.5) is 4.79 Å². The molecule has 1 saturated heterocycles. The van der Waals surface area contributed by atoms with Crippen LogP contribution in [0.1, 0.15) is 32.6 Å². The fourth-order valence-electron chi connectivity index (χ4n) is 1.46. The van der Waals surface area contributed by atoms with Crippen LogP contribution in [0.15, 0.2) is 12.8 Å². The number of hydrogen-bond acceptors (Lipinski definition) is 2. The minimum atomic E-state index is -0.253. The van der Waals surface area contributed by atoms with Crippen LogP contribution < -0.4 is 0 Å². The molecule has 1 aliphatic rings. The number of ether oxygens (including phenoxy) is 1. The summed E-state index contributed by atoms with van der Waals surface area (Å²) in [6.07, 6.45) is 5.88. The normalized spacial score (nSPS) is 21.8. The van der Waals surface area contributed by atoms with Crippen molar-refractivity contribution in [3.63, 3.8) is 0 Å². The smallest absolute Gasteiger partial charge is 0.414 e. The molecule has 13 heavy (non-hydrogen) atoms. The highest BCUT2D eigenvalue weighted by atomic mass is 16.6. The number of carbonyl (C=O) groups excluding carboxylic acids is 1. The third-order valence-corrected chi connectivity index (χ3v) is 2.25. The number of amides is 1. The highest BCUT2D eigenvalue weighted by molar-refractivity contribution is 5.70. The van der Waals surface area contributed by atoms with Gasteiger partial charge in [0.05, 0.1) is 6.54 Å². The predicted molar refractivity (Wildman–Crippen MR) is 51.3 cm³/mol. The summed E-state index contributed by atoms with van der Waals surface area (Å²) in [6, 6.07) is 0. The Morgan fingerprint density at radius 3 is 3.00 bits per heavy atom. The van der Waals surface area contributed by atoms with Gasteiger partial charge in [0.2, 0.25) is 0 Å². The Morgan fingerprint density at radius 2 is 2.46 bits per heavy atom. The van der Waals surface area contributed by atoms with E-state index in [0.717, 1.165) is 12.8 Å². The number of nitrogens with zero attached hydrogens (tertiary/aromatic N) is 1. The van der Waals surface area contributed by atoms with Gasteiger partial charge in [-0.25, -0.2) is 4.79 Å².